The molecule has 0 atom stereocenters. The van der Waals surface area contributed by atoms with Crippen LogP contribution in [0, 0.1) is 6.92 Å². The van der Waals surface area contributed by atoms with Gasteiger partial charge in [0.25, 0.3) is 0 Å². The van der Waals surface area contributed by atoms with Crippen LogP contribution >= 0.6 is 11.6 Å². The van der Waals surface area contributed by atoms with Gasteiger partial charge >= 0.3 is 0 Å². The van der Waals surface area contributed by atoms with Crippen molar-refractivity contribution in [2.45, 2.75) is 33.1 Å². The smallest absolute Gasteiger partial charge is 0.132 e. The molecule has 0 saturated carbocycles. The molecule has 0 saturated heterocycles. The van der Waals surface area contributed by atoms with E-state index in [4.69, 9.17) is 11.6 Å². The topological polar surface area (TPSA) is 12.9 Å². The molecule has 0 amide bonds. The Labute approximate surface area is 114 Å². The highest BCUT2D eigenvalue weighted by atomic mass is 35.5. The van der Waals surface area contributed by atoms with Crippen molar-refractivity contribution in [3.63, 3.8) is 0 Å². The van der Waals surface area contributed by atoms with E-state index < -0.39 is 0 Å². The summed E-state index contributed by atoms with van der Waals surface area (Å²) in [5.41, 5.74) is 4.42. The summed E-state index contributed by atoms with van der Waals surface area (Å²) in [6.45, 7) is 8.46. The Bertz CT molecular complexity index is 553. The van der Waals surface area contributed by atoms with Crippen molar-refractivity contribution in [1.29, 1.82) is 0 Å². The van der Waals surface area contributed by atoms with Crippen molar-refractivity contribution in [3.8, 4) is 11.1 Å². The second kappa shape index (κ2) is 4.74. The normalized spacial score (nSPS) is 11.6. The van der Waals surface area contributed by atoms with Gasteiger partial charge in [0.05, 0.1) is 0 Å². The second-order valence-corrected chi connectivity index (χ2v) is 5.94. The quantitative estimate of drug-likeness (QED) is 0.656. The van der Waals surface area contributed by atoms with Crippen LogP contribution in [0.15, 0.2) is 36.4 Å². The Morgan fingerprint density at radius 2 is 1.67 bits per heavy atom. The van der Waals surface area contributed by atoms with Crippen LogP contribution in [0.1, 0.15) is 32.0 Å². The summed E-state index contributed by atoms with van der Waals surface area (Å²) in [6.07, 6.45) is 0. The van der Waals surface area contributed by atoms with Crippen LogP contribution in [0.25, 0.3) is 11.1 Å². The van der Waals surface area contributed by atoms with Gasteiger partial charge in [-0.15, -0.1) is 0 Å². The number of benzene rings is 1. The first-order valence-electron chi connectivity index (χ1n) is 6.12. The molecule has 0 aliphatic carbocycles. The number of hydrogen-bond donors (Lipinski definition) is 0. The predicted molar refractivity (Wildman–Crippen MR) is 78.1 cm³/mol. The zero-order valence-corrected chi connectivity index (χ0v) is 12.0. The first-order chi connectivity index (χ1) is 8.39. The summed E-state index contributed by atoms with van der Waals surface area (Å²) < 4.78 is 0. The van der Waals surface area contributed by atoms with Gasteiger partial charge in [-0.25, -0.2) is 4.98 Å². The van der Waals surface area contributed by atoms with Crippen LogP contribution in [0.5, 0.6) is 0 Å². The van der Waals surface area contributed by atoms with Gasteiger partial charge in [0, 0.05) is 11.1 Å². The van der Waals surface area contributed by atoms with Gasteiger partial charge in [-0.3, -0.25) is 0 Å². The maximum absolute atomic E-state index is 6.26. The Kier molecular flexibility index (Phi) is 3.45. The highest BCUT2D eigenvalue weighted by Gasteiger charge is 2.19. The van der Waals surface area contributed by atoms with Crippen LogP contribution in [-0.4, -0.2) is 4.98 Å². The van der Waals surface area contributed by atoms with E-state index in [1.54, 1.807) is 0 Å². The Hall–Kier alpha value is -1.34. The van der Waals surface area contributed by atoms with Crippen LogP contribution < -0.4 is 0 Å². The van der Waals surface area contributed by atoms with E-state index in [-0.39, 0.29) is 5.41 Å². The second-order valence-electron chi connectivity index (χ2n) is 5.59. The van der Waals surface area contributed by atoms with Crippen molar-refractivity contribution in [2.75, 3.05) is 0 Å². The third-order valence-electron chi connectivity index (χ3n) is 3.07. The lowest BCUT2D eigenvalue weighted by Crippen LogP contribution is -2.14. The molecule has 0 spiro atoms. The molecule has 0 fully saturated rings. The predicted octanol–water partition coefficient (Wildman–Crippen LogP) is 5.01. The van der Waals surface area contributed by atoms with Crippen molar-refractivity contribution in [2.24, 2.45) is 0 Å². The lowest BCUT2D eigenvalue weighted by molar-refractivity contribution is 0.569. The van der Waals surface area contributed by atoms with Crippen LogP contribution in [0.4, 0.5) is 0 Å². The van der Waals surface area contributed by atoms with Crippen molar-refractivity contribution < 1.29 is 0 Å². The van der Waals surface area contributed by atoms with E-state index in [2.05, 4.69) is 44.0 Å². The van der Waals surface area contributed by atoms with Gasteiger partial charge in [-0.1, -0.05) is 62.7 Å². The maximum atomic E-state index is 6.26. The van der Waals surface area contributed by atoms with E-state index in [9.17, 15) is 0 Å². The molecular formula is C16H18ClN. The van der Waals surface area contributed by atoms with Gasteiger partial charge in [-0.2, -0.15) is 0 Å². The summed E-state index contributed by atoms with van der Waals surface area (Å²) in [5.74, 6) is 0. The van der Waals surface area contributed by atoms with E-state index in [1.807, 2.05) is 25.1 Å². The molecule has 0 unspecified atom stereocenters. The molecule has 2 heteroatoms. The highest BCUT2D eigenvalue weighted by molar-refractivity contribution is 6.30. The van der Waals surface area contributed by atoms with Gasteiger partial charge in [0.2, 0.25) is 0 Å². The van der Waals surface area contributed by atoms with Crippen molar-refractivity contribution in [1.82, 2.24) is 4.98 Å². The number of hydrogen-bond acceptors (Lipinski definition) is 1. The van der Waals surface area contributed by atoms with E-state index in [0.29, 0.717) is 5.15 Å². The van der Waals surface area contributed by atoms with Gasteiger partial charge in [0.15, 0.2) is 0 Å². The fourth-order valence-electron chi connectivity index (χ4n) is 1.88. The molecule has 1 aromatic heterocycles. The summed E-state index contributed by atoms with van der Waals surface area (Å²) in [5, 5.41) is 0.598. The van der Waals surface area contributed by atoms with Gasteiger partial charge in [0.1, 0.15) is 5.15 Å². The number of nitrogens with zero attached hydrogens (tertiary/aromatic N) is 1. The highest BCUT2D eigenvalue weighted by Crippen LogP contribution is 2.32. The van der Waals surface area contributed by atoms with Gasteiger partial charge < -0.3 is 0 Å². The zero-order valence-electron chi connectivity index (χ0n) is 11.3. The molecule has 1 nitrogen and oxygen atoms in total. The average molecular weight is 260 g/mol. The Morgan fingerprint density at radius 1 is 1.06 bits per heavy atom. The molecule has 0 aliphatic heterocycles. The fourth-order valence-corrected chi connectivity index (χ4v) is 2.07. The largest absolute Gasteiger partial charge is 0.240 e. The monoisotopic (exact) mass is 259 g/mol. The SMILES string of the molecule is Cc1c(-c2ccccc2)cc(C(C)(C)C)nc1Cl. The summed E-state index contributed by atoms with van der Waals surface area (Å²) >= 11 is 6.26. The minimum absolute atomic E-state index is 0.000863. The number of aromatic nitrogens is 1. The lowest BCUT2D eigenvalue weighted by atomic mass is 9.89. The molecule has 2 aromatic rings. The van der Waals surface area contributed by atoms with E-state index in [1.165, 1.54) is 11.1 Å². The van der Waals surface area contributed by atoms with Crippen LogP contribution in [0.2, 0.25) is 5.15 Å². The Morgan fingerprint density at radius 3 is 2.22 bits per heavy atom. The molecule has 0 bridgehead atoms. The van der Waals surface area contributed by atoms with Crippen LogP contribution in [0.3, 0.4) is 0 Å². The van der Waals surface area contributed by atoms with Gasteiger partial charge in [-0.05, 0) is 29.7 Å². The minimum Gasteiger partial charge on any atom is -0.240 e. The van der Waals surface area contributed by atoms with Crippen LogP contribution in [-0.2, 0) is 5.41 Å². The van der Waals surface area contributed by atoms with E-state index >= 15 is 0 Å². The molecule has 18 heavy (non-hydrogen) atoms. The van der Waals surface area contributed by atoms with Crippen molar-refractivity contribution in [3.05, 3.63) is 52.8 Å². The van der Waals surface area contributed by atoms with E-state index in [0.717, 1.165) is 11.3 Å². The third-order valence-corrected chi connectivity index (χ3v) is 3.43. The number of rotatable bonds is 1. The molecule has 2 rings (SSSR count). The summed E-state index contributed by atoms with van der Waals surface area (Å²) in [4.78, 5) is 4.50. The fraction of sp³-hybridized carbons (Fsp3) is 0.312. The molecule has 94 valence electrons. The van der Waals surface area contributed by atoms with Crippen molar-refractivity contribution >= 4 is 11.6 Å². The Balaban J connectivity index is 2.64. The third kappa shape index (κ3) is 2.56. The first-order valence-corrected chi connectivity index (χ1v) is 6.50. The molecule has 0 N–H and O–H groups in total. The standard InChI is InChI=1S/C16H18ClN/c1-11-13(12-8-6-5-7-9-12)10-14(16(2,3)4)18-15(11)17/h5-10H,1-4H3. The summed E-state index contributed by atoms with van der Waals surface area (Å²) in [7, 11) is 0. The lowest BCUT2D eigenvalue weighted by Gasteiger charge is -2.20. The molecule has 1 aromatic carbocycles. The maximum Gasteiger partial charge on any atom is 0.132 e. The molecular weight excluding hydrogens is 242 g/mol. The molecule has 0 aliphatic rings. The first kappa shape index (κ1) is 13.1. The zero-order chi connectivity index (χ0) is 13.3. The summed E-state index contributed by atoms with van der Waals surface area (Å²) in [6, 6.07) is 12.5. The molecule has 0 radical (unpaired) electrons. The number of halogens is 1. The minimum atomic E-state index is 0.000863. The number of pyridine rings is 1. The molecule has 1 heterocycles. The average Bonchev–Trinajstić information content (AvgIpc) is 2.32.